The van der Waals surface area contributed by atoms with Crippen LogP contribution >= 0.6 is 11.6 Å². The molecule has 0 N–H and O–H groups in total. The smallest absolute Gasteiger partial charge is 0.258 e. The Balaban J connectivity index is 1.67. The highest BCUT2D eigenvalue weighted by Crippen LogP contribution is 2.41. The van der Waals surface area contributed by atoms with E-state index in [4.69, 9.17) is 21.1 Å². The number of rotatable bonds is 6. The lowest BCUT2D eigenvalue weighted by Gasteiger charge is -2.14. The summed E-state index contributed by atoms with van der Waals surface area (Å²) in [5, 5.41) is 0.314. The zero-order valence-electron chi connectivity index (χ0n) is 17.2. The SMILES string of the molecule is CCN1C(=O)/C(=C\c2cc(Cl)c(OCc3ccccc3F)c(OC)c2)c2ccccc21. The fourth-order valence-electron chi connectivity index (χ4n) is 3.66. The summed E-state index contributed by atoms with van der Waals surface area (Å²) in [6.07, 6.45) is 1.80. The number of benzene rings is 3. The Kier molecular flexibility index (Phi) is 5.96. The van der Waals surface area contributed by atoms with E-state index in [1.54, 1.807) is 41.3 Å². The monoisotopic (exact) mass is 437 g/mol. The summed E-state index contributed by atoms with van der Waals surface area (Å²) >= 11 is 6.47. The Bertz CT molecular complexity index is 1180. The molecule has 158 valence electrons. The van der Waals surface area contributed by atoms with Gasteiger partial charge < -0.3 is 14.4 Å². The molecule has 0 spiro atoms. The van der Waals surface area contributed by atoms with Crippen LogP contribution in [0.15, 0.2) is 60.7 Å². The van der Waals surface area contributed by atoms with Gasteiger partial charge in [0.05, 0.1) is 17.8 Å². The number of carbonyl (C=O) groups excluding carboxylic acids is 1. The quantitative estimate of drug-likeness (QED) is 0.446. The lowest BCUT2D eigenvalue weighted by atomic mass is 10.0. The van der Waals surface area contributed by atoms with Crippen LogP contribution in [0.3, 0.4) is 0 Å². The van der Waals surface area contributed by atoms with Crippen molar-refractivity contribution in [3.05, 3.63) is 88.2 Å². The first kappa shape index (κ1) is 20.9. The average molecular weight is 438 g/mol. The van der Waals surface area contributed by atoms with Gasteiger partial charge >= 0.3 is 0 Å². The maximum Gasteiger partial charge on any atom is 0.258 e. The highest BCUT2D eigenvalue weighted by Gasteiger charge is 2.30. The van der Waals surface area contributed by atoms with Crippen LogP contribution in [0.2, 0.25) is 5.02 Å². The van der Waals surface area contributed by atoms with E-state index < -0.39 is 0 Å². The van der Waals surface area contributed by atoms with Gasteiger partial charge in [-0.1, -0.05) is 48.0 Å². The van der Waals surface area contributed by atoms with Crippen LogP contribution in [0.25, 0.3) is 11.6 Å². The molecule has 0 radical (unpaired) electrons. The zero-order chi connectivity index (χ0) is 22.0. The lowest BCUT2D eigenvalue weighted by Crippen LogP contribution is -2.25. The first-order chi connectivity index (χ1) is 15.0. The molecule has 3 aromatic rings. The fraction of sp³-hybridized carbons (Fsp3) is 0.160. The Hall–Kier alpha value is -3.31. The molecule has 0 saturated heterocycles. The molecule has 1 aliphatic heterocycles. The van der Waals surface area contributed by atoms with E-state index in [1.165, 1.54) is 13.2 Å². The molecule has 31 heavy (non-hydrogen) atoms. The van der Waals surface area contributed by atoms with Crippen molar-refractivity contribution in [2.45, 2.75) is 13.5 Å². The summed E-state index contributed by atoms with van der Waals surface area (Å²) in [5.74, 6) is 0.321. The third-order valence-electron chi connectivity index (χ3n) is 5.17. The van der Waals surface area contributed by atoms with Gasteiger partial charge in [0.15, 0.2) is 11.5 Å². The number of likely N-dealkylation sites (N-methyl/N-ethyl adjacent to an activating group) is 1. The Morgan fingerprint density at radius 3 is 2.58 bits per heavy atom. The van der Waals surface area contributed by atoms with Crippen molar-refractivity contribution in [1.82, 2.24) is 0 Å². The maximum atomic E-state index is 13.9. The van der Waals surface area contributed by atoms with Gasteiger partial charge in [0, 0.05) is 23.2 Å². The van der Waals surface area contributed by atoms with Crippen LogP contribution in [-0.4, -0.2) is 19.6 Å². The Labute approximate surface area is 185 Å². The molecule has 1 aliphatic rings. The van der Waals surface area contributed by atoms with Crippen molar-refractivity contribution in [1.29, 1.82) is 0 Å². The van der Waals surface area contributed by atoms with E-state index in [-0.39, 0.29) is 18.3 Å². The normalized spacial score (nSPS) is 14.1. The van der Waals surface area contributed by atoms with Crippen molar-refractivity contribution in [2.75, 3.05) is 18.6 Å². The van der Waals surface area contributed by atoms with E-state index in [2.05, 4.69) is 0 Å². The number of carbonyl (C=O) groups is 1. The molecule has 1 heterocycles. The zero-order valence-corrected chi connectivity index (χ0v) is 17.9. The predicted molar refractivity (Wildman–Crippen MR) is 121 cm³/mol. The molecule has 0 aromatic heterocycles. The molecule has 0 atom stereocenters. The molecular formula is C25H21ClFNO3. The van der Waals surface area contributed by atoms with Gasteiger partial charge in [-0.2, -0.15) is 0 Å². The molecule has 0 unspecified atom stereocenters. The first-order valence-corrected chi connectivity index (χ1v) is 10.3. The molecule has 6 heteroatoms. The second-order valence-electron chi connectivity index (χ2n) is 7.04. The van der Waals surface area contributed by atoms with Crippen molar-refractivity contribution in [2.24, 2.45) is 0 Å². The number of para-hydroxylation sites is 1. The van der Waals surface area contributed by atoms with Crippen LogP contribution < -0.4 is 14.4 Å². The summed E-state index contributed by atoms with van der Waals surface area (Å²) < 4.78 is 25.1. The van der Waals surface area contributed by atoms with E-state index in [0.717, 1.165) is 11.3 Å². The topological polar surface area (TPSA) is 38.8 Å². The van der Waals surface area contributed by atoms with Crippen LogP contribution in [0.1, 0.15) is 23.6 Å². The summed E-state index contributed by atoms with van der Waals surface area (Å²) in [7, 11) is 1.51. The number of methoxy groups -OCH3 is 1. The third kappa shape index (κ3) is 4.01. The van der Waals surface area contributed by atoms with E-state index in [9.17, 15) is 9.18 Å². The van der Waals surface area contributed by atoms with Crippen LogP contribution in [0.5, 0.6) is 11.5 Å². The number of halogens is 2. The minimum atomic E-state index is -0.349. The van der Waals surface area contributed by atoms with Gasteiger partial charge in [-0.05, 0) is 42.8 Å². The standard InChI is InChI=1S/C25H21ClFNO3/c1-3-28-22-11-7-5-9-18(22)19(25(28)29)12-16-13-20(26)24(23(14-16)30-2)31-15-17-8-4-6-10-21(17)27/h4-14H,3,15H2,1-2H3/b19-12-. The third-order valence-corrected chi connectivity index (χ3v) is 5.45. The summed E-state index contributed by atoms with van der Waals surface area (Å²) in [6, 6.07) is 17.5. The second-order valence-corrected chi connectivity index (χ2v) is 7.45. The number of ether oxygens (including phenoxy) is 2. The minimum absolute atomic E-state index is 0.0144. The van der Waals surface area contributed by atoms with Crippen molar-refractivity contribution >= 4 is 34.8 Å². The highest BCUT2D eigenvalue weighted by molar-refractivity contribution is 6.36. The number of amides is 1. The molecule has 4 rings (SSSR count). The second kappa shape index (κ2) is 8.82. The molecule has 1 amide bonds. The highest BCUT2D eigenvalue weighted by atomic mass is 35.5. The van der Waals surface area contributed by atoms with Crippen molar-refractivity contribution in [3.8, 4) is 11.5 Å². The minimum Gasteiger partial charge on any atom is -0.493 e. The van der Waals surface area contributed by atoms with Crippen molar-refractivity contribution < 1.29 is 18.7 Å². The molecular weight excluding hydrogens is 417 g/mol. The Morgan fingerprint density at radius 1 is 1.10 bits per heavy atom. The number of hydrogen-bond donors (Lipinski definition) is 0. The van der Waals surface area contributed by atoms with Crippen molar-refractivity contribution in [3.63, 3.8) is 0 Å². The first-order valence-electron chi connectivity index (χ1n) is 9.90. The Morgan fingerprint density at radius 2 is 1.84 bits per heavy atom. The van der Waals surface area contributed by atoms with Crippen LogP contribution in [0, 0.1) is 5.82 Å². The summed E-state index contributed by atoms with van der Waals surface area (Å²) in [4.78, 5) is 14.7. The molecule has 0 aliphatic carbocycles. The lowest BCUT2D eigenvalue weighted by molar-refractivity contribution is -0.112. The number of fused-ring (bicyclic) bond motifs is 1. The average Bonchev–Trinajstić information content (AvgIpc) is 3.04. The van der Waals surface area contributed by atoms with Gasteiger partial charge in [0.25, 0.3) is 5.91 Å². The summed E-state index contributed by atoms with van der Waals surface area (Å²) in [5.41, 5.74) is 3.49. The number of anilines is 1. The predicted octanol–water partition coefficient (Wildman–Crippen LogP) is 5.97. The number of nitrogens with zero attached hydrogens (tertiary/aromatic N) is 1. The van der Waals surface area contributed by atoms with Gasteiger partial charge in [-0.25, -0.2) is 4.39 Å². The molecule has 0 saturated carbocycles. The van der Waals surface area contributed by atoms with Gasteiger partial charge in [-0.3, -0.25) is 4.79 Å². The van der Waals surface area contributed by atoms with Gasteiger partial charge in [0.1, 0.15) is 12.4 Å². The van der Waals surface area contributed by atoms with Gasteiger partial charge in [-0.15, -0.1) is 0 Å². The molecule has 4 nitrogen and oxygen atoms in total. The number of hydrogen-bond acceptors (Lipinski definition) is 3. The van der Waals surface area contributed by atoms with Crippen LogP contribution in [0.4, 0.5) is 10.1 Å². The van der Waals surface area contributed by atoms with E-state index in [0.29, 0.717) is 39.8 Å². The van der Waals surface area contributed by atoms with Crippen LogP contribution in [-0.2, 0) is 11.4 Å². The summed E-state index contributed by atoms with van der Waals surface area (Å²) in [6.45, 7) is 2.54. The largest absolute Gasteiger partial charge is 0.493 e. The van der Waals surface area contributed by atoms with E-state index in [1.807, 2.05) is 31.2 Å². The molecule has 3 aromatic carbocycles. The van der Waals surface area contributed by atoms with Gasteiger partial charge in [0.2, 0.25) is 0 Å². The molecule has 0 fully saturated rings. The maximum absolute atomic E-state index is 13.9. The molecule has 0 bridgehead atoms. The van der Waals surface area contributed by atoms with E-state index >= 15 is 0 Å². The fourth-order valence-corrected chi connectivity index (χ4v) is 3.93.